The van der Waals surface area contributed by atoms with Gasteiger partial charge >= 0.3 is 12.1 Å². The summed E-state index contributed by atoms with van der Waals surface area (Å²) >= 11 is 0. The predicted molar refractivity (Wildman–Crippen MR) is 94.4 cm³/mol. The van der Waals surface area contributed by atoms with Crippen LogP contribution in [0.25, 0.3) is 0 Å². The first-order valence-corrected chi connectivity index (χ1v) is 8.71. The van der Waals surface area contributed by atoms with Crippen LogP contribution in [0.15, 0.2) is 0 Å². The molecule has 8 heteroatoms. The van der Waals surface area contributed by atoms with Crippen LogP contribution in [-0.4, -0.2) is 75.8 Å². The van der Waals surface area contributed by atoms with Gasteiger partial charge in [0.2, 0.25) is 0 Å². The second-order valence-corrected chi connectivity index (χ2v) is 7.49. The van der Waals surface area contributed by atoms with E-state index in [9.17, 15) is 24.9 Å². The molecule has 0 aliphatic rings. The normalized spacial score (nSPS) is 15.5. The number of alkyl carbamates (subject to hydrolysis) is 1. The highest BCUT2D eigenvalue weighted by Gasteiger charge is 2.23. The molecule has 0 aromatic heterocycles. The number of aliphatic carboxylic acids is 1. The van der Waals surface area contributed by atoms with Gasteiger partial charge in [-0.25, -0.2) is 9.59 Å². The maximum atomic E-state index is 11.7. The molecule has 8 nitrogen and oxygen atoms in total. The van der Waals surface area contributed by atoms with Crippen LogP contribution >= 0.6 is 0 Å². The molecule has 25 heavy (non-hydrogen) atoms. The van der Waals surface area contributed by atoms with Crippen molar-refractivity contribution in [2.45, 2.75) is 77.7 Å². The van der Waals surface area contributed by atoms with Crippen molar-refractivity contribution in [3.8, 4) is 0 Å². The summed E-state index contributed by atoms with van der Waals surface area (Å²) < 4.78 is 5.07. The van der Waals surface area contributed by atoms with E-state index in [4.69, 9.17) is 4.74 Å². The molecule has 0 rings (SSSR count). The van der Waals surface area contributed by atoms with Gasteiger partial charge in [-0.3, -0.25) is 4.90 Å². The molecule has 0 aromatic rings. The fourth-order valence-electron chi connectivity index (χ4n) is 2.40. The summed E-state index contributed by atoms with van der Waals surface area (Å²) in [7, 11) is 0. The van der Waals surface area contributed by atoms with Gasteiger partial charge in [0.05, 0.1) is 12.2 Å². The molecule has 0 bridgehead atoms. The van der Waals surface area contributed by atoms with E-state index in [1.165, 1.54) is 0 Å². The zero-order chi connectivity index (χ0) is 19.6. The van der Waals surface area contributed by atoms with E-state index < -0.39 is 35.9 Å². The highest BCUT2D eigenvalue weighted by Crippen LogP contribution is 2.09. The number of amides is 1. The van der Waals surface area contributed by atoms with Gasteiger partial charge in [0.15, 0.2) is 0 Å². The Morgan fingerprint density at radius 2 is 1.60 bits per heavy atom. The first-order chi connectivity index (χ1) is 11.4. The van der Waals surface area contributed by atoms with Crippen molar-refractivity contribution in [1.29, 1.82) is 0 Å². The summed E-state index contributed by atoms with van der Waals surface area (Å²) in [6.07, 6.45) is -0.183. The lowest BCUT2D eigenvalue weighted by Crippen LogP contribution is -2.43. The Balaban J connectivity index is 4.33. The van der Waals surface area contributed by atoms with E-state index >= 15 is 0 Å². The topological polar surface area (TPSA) is 119 Å². The Bertz CT molecular complexity index is 396. The van der Waals surface area contributed by atoms with E-state index in [1.807, 2.05) is 4.90 Å². The summed E-state index contributed by atoms with van der Waals surface area (Å²) in [5, 5.41) is 30.6. The van der Waals surface area contributed by atoms with Crippen LogP contribution in [-0.2, 0) is 9.53 Å². The number of hydrogen-bond acceptors (Lipinski definition) is 6. The van der Waals surface area contributed by atoms with Crippen molar-refractivity contribution < 1.29 is 29.6 Å². The summed E-state index contributed by atoms with van der Waals surface area (Å²) in [6.45, 7) is 10.0. The predicted octanol–water partition coefficient (Wildman–Crippen LogP) is 1.20. The van der Waals surface area contributed by atoms with Crippen molar-refractivity contribution >= 4 is 12.1 Å². The van der Waals surface area contributed by atoms with Gasteiger partial charge in [-0.05, 0) is 60.4 Å². The number of nitrogens with one attached hydrogen (secondary N) is 1. The lowest BCUT2D eigenvalue weighted by molar-refractivity contribution is -0.139. The van der Waals surface area contributed by atoms with Crippen LogP contribution in [0.1, 0.15) is 53.9 Å². The standard InChI is InChI=1S/C17H34N2O6/c1-12(20)10-19(11-13(2)21)9-7-6-8-14(15(22)23)18-16(24)25-17(3,4)5/h12-14,20-21H,6-11H2,1-5H3,(H,18,24)(H,22,23)/t12?,13?,14-/m0/s1. The quantitative estimate of drug-likeness (QED) is 0.408. The highest BCUT2D eigenvalue weighted by atomic mass is 16.6. The number of rotatable bonds is 11. The molecular weight excluding hydrogens is 328 g/mol. The van der Waals surface area contributed by atoms with Gasteiger partial charge in [-0.1, -0.05) is 0 Å². The molecule has 4 N–H and O–H groups in total. The molecule has 0 aromatic carbocycles. The number of carbonyl (C=O) groups is 2. The lowest BCUT2D eigenvalue weighted by atomic mass is 10.1. The second-order valence-electron chi connectivity index (χ2n) is 7.49. The van der Waals surface area contributed by atoms with Crippen molar-refractivity contribution in [2.24, 2.45) is 0 Å². The van der Waals surface area contributed by atoms with Crippen LogP contribution in [0.3, 0.4) is 0 Å². The number of aliphatic hydroxyl groups is 2. The molecule has 148 valence electrons. The van der Waals surface area contributed by atoms with E-state index in [-0.39, 0.29) is 6.42 Å². The summed E-state index contributed by atoms with van der Waals surface area (Å²) in [5.41, 5.74) is -0.685. The first-order valence-electron chi connectivity index (χ1n) is 8.71. The molecular formula is C17H34N2O6. The maximum Gasteiger partial charge on any atom is 0.408 e. The molecule has 0 saturated carbocycles. The fraction of sp³-hybridized carbons (Fsp3) is 0.882. The third kappa shape index (κ3) is 13.6. The zero-order valence-electron chi connectivity index (χ0n) is 16.0. The fourth-order valence-corrected chi connectivity index (χ4v) is 2.40. The third-order valence-corrected chi connectivity index (χ3v) is 3.25. The number of carboxylic acid groups (broad SMARTS) is 1. The van der Waals surface area contributed by atoms with Crippen molar-refractivity contribution in [1.82, 2.24) is 10.2 Å². The number of hydrogen-bond donors (Lipinski definition) is 4. The number of carbonyl (C=O) groups excluding carboxylic acids is 1. The summed E-state index contributed by atoms with van der Waals surface area (Å²) in [5.74, 6) is -1.10. The number of aliphatic hydroxyl groups excluding tert-OH is 2. The molecule has 0 fully saturated rings. The molecule has 0 aliphatic carbocycles. The molecule has 0 spiro atoms. The first kappa shape index (κ1) is 23.6. The van der Waals surface area contributed by atoms with E-state index in [1.54, 1.807) is 34.6 Å². The Hall–Kier alpha value is -1.38. The monoisotopic (exact) mass is 362 g/mol. The van der Waals surface area contributed by atoms with Gasteiger partial charge in [0.25, 0.3) is 0 Å². The average Bonchev–Trinajstić information content (AvgIpc) is 2.38. The minimum atomic E-state index is -1.10. The molecule has 1 amide bonds. The number of unbranched alkanes of at least 4 members (excludes halogenated alkanes) is 1. The summed E-state index contributed by atoms with van der Waals surface area (Å²) in [6, 6.07) is -1.00. The van der Waals surface area contributed by atoms with Gasteiger partial charge in [-0.2, -0.15) is 0 Å². The van der Waals surface area contributed by atoms with Crippen molar-refractivity contribution in [3.05, 3.63) is 0 Å². The van der Waals surface area contributed by atoms with E-state index in [0.29, 0.717) is 32.5 Å². The van der Waals surface area contributed by atoms with Crippen molar-refractivity contribution in [2.75, 3.05) is 19.6 Å². The molecule has 3 atom stereocenters. The molecule has 0 saturated heterocycles. The Labute approximate surface area is 150 Å². The van der Waals surface area contributed by atoms with Gasteiger partial charge < -0.3 is 25.4 Å². The van der Waals surface area contributed by atoms with Crippen LogP contribution < -0.4 is 5.32 Å². The summed E-state index contributed by atoms with van der Waals surface area (Å²) in [4.78, 5) is 24.9. The molecule has 0 aliphatic heterocycles. The van der Waals surface area contributed by atoms with Gasteiger partial charge in [-0.15, -0.1) is 0 Å². The van der Waals surface area contributed by atoms with Gasteiger partial charge in [0, 0.05) is 13.1 Å². The van der Waals surface area contributed by atoms with E-state index in [0.717, 1.165) is 0 Å². The van der Waals surface area contributed by atoms with Crippen molar-refractivity contribution in [3.63, 3.8) is 0 Å². The Morgan fingerprint density at radius 3 is 2.00 bits per heavy atom. The largest absolute Gasteiger partial charge is 0.480 e. The molecule has 2 unspecified atom stereocenters. The average molecular weight is 362 g/mol. The van der Waals surface area contributed by atoms with Gasteiger partial charge in [0.1, 0.15) is 11.6 Å². The number of nitrogens with zero attached hydrogens (tertiary/aromatic N) is 1. The molecule has 0 radical (unpaired) electrons. The third-order valence-electron chi connectivity index (χ3n) is 3.25. The zero-order valence-corrected chi connectivity index (χ0v) is 16.0. The second kappa shape index (κ2) is 11.3. The number of ether oxygens (including phenoxy) is 1. The Morgan fingerprint density at radius 1 is 1.08 bits per heavy atom. The van der Waals surface area contributed by atoms with Crippen LogP contribution in [0.2, 0.25) is 0 Å². The minimum absolute atomic E-state index is 0.284. The highest BCUT2D eigenvalue weighted by molar-refractivity contribution is 5.79. The van der Waals surface area contributed by atoms with E-state index in [2.05, 4.69) is 5.32 Å². The number of carboxylic acids is 1. The Kier molecular flexibility index (Phi) is 10.7. The maximum absolute atomic E-state index is 11.7. The van der Waals surface area contributed by atoms with Crippen LogP contribution in [0, 0.1) is 0 Å². The smallest absolute Gasteiger partial charge is 0.408 e. The van der Waals surface area contributed by atoms with Crippen LogP contribution in [0.4, 0.5) is 4.79 Å². The molecule has 0 heterocycles. The lowest BCUT2D eigenvalue weighted by Gasteiger charge is -2.25. The minimum Gasteiger partial charge on any atom is -0.480 e. The van der Waals surface area contributed by atoms with Crippen LogP contribution in [0.5, 0.6) is 0 Å². The SMILES string of the molecule is CC(O)CN(CCCC[C@H](NC(=O)OC(C)(C)C)C(=O)O)CC(C)O.